The highest BCUT2D eigenvalue weighted by atomic mass is 35.5. The maximum absolute atomic E-state index is 11.9. The zero-order valence-corrected chi connectivity index (χ0v) is 9.79. The second-order valence-corrected chi connectivity index (χ2v) is 4.49. The van der Waals surface area contributed by atoms with Crippen LogP contribution in [0.1, 0.15) is 6.92 Å². The van der Waals surface area contributed by atoms with E-state index in [0.29, 0.717) is 16.8 Å². The van der Waals surface area contributed by atoms with E-state index >= 15 is 0 Å². The molecule has 0 saturated carbocycles. The SMILES string of the molecule is C[C@@H]1CNC[C@H]1C(=O)Nc1ccnc(Cl)c1. The van der Waals surface area contributed by atoms with Gasteiger partial charge in [0.1, 0.15) is 5.15 Å². The Labute approximate surface area is 99.4 Å². The first-order chi connectivity index (χ1) is 7.66. The number of anilines is 1. The zero-order valence-electron chi connectivity index (χ0n) is 9.03. The van der Waals surface area contributed by atoms with E-state index in [1.807, 2.05) is 0 Å². The summed E-state index contributed by atoms with van der Waals surface area (Å²) in [4.78, 5) is 15.8. The van der Waals surface area contributed by atoms with Crippen molar-refractivity contribution in [3.8, 4) is 0 Å². The number of nitrogens with one attached hydrogen (secondary N) is 2. The summed E-state index contributed by atoms with van der Waals surface area (Å²) in [5, 5.41) is 6.44. The molecule has 1 aromatic heterocycles. The number of carbonyl (C=O) groups is 1. The van der Waals surface area contributed by atoms with E-state index in [4.69, 9.17) is 11.6 Å². The quantitative estimate of drug-likeness (QED) is 0.770. The Bertz CT molecular complexity index is 397. The number of aromatic nitrogens is 1. The van der Waals surface area contributed by atoms with Gasteiger partial charge in [0.05, 0.1) is 5.92 Å². The Morgan fingerprint density at radius 1 is 1.62 bits per heavy atom. The third kappa shape index (κ3) is 2.51. The number of amides is 1. The molecule has 0 radical (unpaired) electrons. The van der Waals surface area contributed by atoms with Crippen LogP contribution in [0.3, 0.4) is 0 Å². The average Bonchev–Trinajstić information content (AvgIpc) is 2.64. The summed E-state index contributed by atoms with van der Waals surface area (Å²) >= 11 is 5.74. The van der Waals surface area contributed by atoms with Gasteiger partial charge in [0.25, 0.3) is 0 Å². The molecule has 0 unspecified atom stereocenters. The highest BCUT2D eigenvalue weighted by Crippen LogP contribution is 2.19. The monoisotopic (exact) mass is 239 g/mol. The number of hydrogen-bond acceptors (Lipinski definition) is 3. The van der Waals surface area contributed by atoms with E-state index in [2.05, 4.69) is 22.5 Å². The zero-order chi connectivity index (χ0) is 11.5. The normalized spacial score (nSPS) is 24.4. The summed E-state index contributed by atoms with van der Waals surface area (Å²) in [5.41, 5.74) is 0.698. The third-order valence-corrected chi connectivity index (χ3v) is 3.06. The van der Waals surface area contributed by atoms with Gasteiger partial charge in [-0.25, -0.2) is 4.98 Å². The lowest BCUT2D eigenvalue weighted by molar-refractivity contribution is -0.120. The molecule has 0 aromatic carbocycles. The minimum atomic E-state index is 0.0342. The summed E-state index contributed by atoms with van der Waals surface area (Å²) in [6.07, 6.45) is 1.58. The first-order valence-electron chi connectivity index (χ1n) is 5.30. The second kappa shape index (κ2) is 4.80. The van der Waals surface area contributed by atoms with Crippen LogP contribution in [-0.4, -0.2) is 24.0 Å². The van der Waals surface area contributed by atoms with Gasteiger partial charge in [0, 0.05) is 18.4 Å². The summed E-state index contributed by atoms with van der Waals surface area (Å²) < 4.78 is 0. The fourth-order valence-electron chi connectivity index (χ4n) is 1.88. The standard InChI is InChI=1S/C11H14ClN3O/c1-7-5-13-6-9(7)11(16)15-8-2-3-14-10(12)4-8/h2-4,7,9,13H,5-6H2,1H3,(H,14,15,16)/t7-,9-/m1/s1. The van der Waals surface area contributed by atoms with Crippen LogP contribution in [-0.2, 0) is 4.79 Å². The number of pyridine rings is 1. The molecule has 2 N–H and O–H groups in total. The Morgan fingerprint density at radius 2 is 2.44 bits per heavy atom. The fraction of sp³-hybridized carbons (Fsp3) is 0.455. The maximum Gasteiger partial charge on any atom is 0.229 e. The van der Waals surface area contributed by atoms with Crippen LogP contribution in [0.5, 0.6) is 0 Å². The third-order valence-electron chi connectivity index (χ3n) is 2.85. The van der Waals surface area contributed by atoms with Gasteiger partial charge in [-0.3, -0.25) is 4.79 Å². The van der Waals surface area contributed by atoms with Crippen molar-refractivity contribution in [2.45, 2.75) is 6.92 Å². The molecule has 0 aliphatic carbocycles. The van der Waals surface area contributed by atoms with Crippen molar-refractivity contribution in [1.82, 2.24) is 10.3 Å². The molecule has 5 heteroatoms. The summed E-state index contributed by atoms with van der Waals surface area (Å²) in [5.74, 6) is 0.448. The Hall–Kier alpha value is -1.13. The van der Waals surface area contributed by atoms with E-state index in [0.717, 1.165) is 13.1 Å². The van der Waals surface area contributed by atoms with E-state index in [1.165, 1.54) is 0 Å². The van der Waals surface area contributed by atoms with Crippen molar-refractivity contribution in [3.63, 3.8) is 0 Å². The molecule has 1 aliphatic heterocycles. The van der Waals surface area contributed by atoms with Crippen molar-refractivity contribution in [3.05, 3.63) is 23.5 Å². The number of rotatable bonds is 2. The van der Waals surface area contributed by atoms with Crippen LogP contribution in [0.25, 0.3) is 0 Å². The maximum atomic E-state index is 11.9. The molecule has 1 saturated heterocycles. The van der Waals surface area contributed by atoms with E-state index < -0.39 is 0 Å². The van der Waals surface area contributed by atoms with Crippen molar-refractivity contribution in [2.75, 3.05) is 18.4 Å². The van der Waals surface area contributed by atoms with Gasteiger partial charge in [0.15, 0.2) is 0 Å². The van der Waals surface area contributed by atoms with Gasteiger partial charge in [-0.1, -0.05) is 18.5 Å². The number of carbonyl (C=O) groups excluding carboxylic acids is 1. The molecule has 0 spiro atoms. The second-order valence-electron chi connectivity index (χ2n) is 4.10. The molecule has 4 nitrogen and oxygen atoms in total. The molecular weight excluding hydrogens is 226 g/mol. The van der Waals surface area contributed by atoms with Crippen molar-refractivity contribution >= 4 is 23.2 Å². The summed E-state index contributed by atoms with van der Waals surface area (Å²) in [6.45, 7) is 3.71. The molecule has 2 atom stereocenters. The van der Waals surface area contributed by atoms with Gasteiger partial charge in [-0.15, -0.1) is 0 Å². The molecule has 86 valence electrons. The lowest BCUT2D eigenvalue weighted by Gasteiger charge is -2.14. The predicted molar refractivity (Wildman–Crippen MR) is 63.4 cm³/mol. The molecule has 1 amide bonds. The molecular formula is C11H14ClN3O. The molecule has 1 aliphatic rings. The number of hydrogen-bond donors (Lipinski definition) is 2. The van der Waals surface area contributed by atoms with Crippen LogP contribution in [0.15, 0.2) is 18.3 Å². The molecule has 2 rings (SSSR count). The van der Waals surface area contributed by atoms with E-state index in [9.17, 15) is 4.79 Å². The van der Waals surface area contributed by atoms with Gasteiger partial charge in [0.2, 0.25) is 5.91 Å². The van der Waals surface area contributed by atoms with E-state index in [-0.39, 0.29) is 11.8 Å². The smallest absolute Gasteiger partial charge is 0.229 e. The summed E-state index contributed by atoms with van der Waals surface area (Å²) in [7, 11) is 0. The molecule has 0 bridgehead atoms. The van der Waals surface area contributed by atoms with Crippen LogP contribution in [0.2, 0.25) is 5.15 Å². The highest BCUT2D eigenvalue weighted by Gasteiger charge is 2.29. The molecule has 1 aromatic rings. The Balaban J connectivity index is 2.02. The van der Waals surface area contributed by atoms with Gasteiger partial charge in [-0.2, -0.15) is 0 Å². The van der Waals surface area contributed by atoms with Crippen LogP contribution < -0.4 is 10.6 Å². The molecule has 1 fully saturated rings. The topological polar surface area (TPSA) is 54.0 Å². The van der Waals surface area contributed by atoms with Crippen LogP contribution >= 0.6 is 11.6 Å². The first-order valence-corrected chi connectivity index (χ1v) is 5.68. The highest BCUT2D eigenvalue weighted by molar-refractivity contribution is 6.29. The first kappa shape index (κ1) is 11.4. The van der Waals surface area contributed by atoms with Gasteiger partial charge >= 0.3 is 0 Å². The van der Waals surface area contributed by atoms with Crippen molar-refractivity contribution < 1.29 is 4.79 Å². The minimum absolute atomic E-state index is 0.0342. The minimum Gasteiger partial charge on any atom is -0.326 e. The average molecular weight is 240 g/mol. The van der Waals surface area contributed by atoms with Crippen LogP contribution in [0.4, 0.5) is 5.69 Å². The molecule has 2 heterocycles. The van der Waals surface area contributed by atoms with Crippen molar-refractivity contribution in [2.24, 2.45) is 11.8 Å². The van der Waals surface area contributed by atoms with Gasteiger partial charge in [-0.05, 0) is 24.6 Å². The number of halogens is 1. The lowest BCUT2D eigenvalue weighted by Crippen LogP contribution is -2.27. The largest absolute Gasteiger partial charge is 0.326 e. The van der Waals surface area contributed by atoms with Crippen LogP contribution in [0, 0.1) is 11.8 Å². The van der Waals surface area contributed by atoms with Gasteiger partial charge < -0.3 is 10.6 Å². The fourth-order valence-corrected chi connectivity index (χ4v) is 2.05. The van der Waals surface area contributed by atoms with Crippen molar-refractivity contribution in [1.29, 1.82) is 0 Å². The Kier molecular flexibility index (Phi) is 3.41. The number of nitrogens with zero attached hydrogens (tertiary/aromatic N) is 1. The lowest BCUT2D eigenvalue weighted by atomic mass is 9.97. The summed E-state index contributed by atoms with van der Waals surface area (Å²) in [6, 6.07) is 3.38. The molecule has 16 heavy (non-hydrogen) atoms. The van der Waals surface area contributed by atoms with E-state index in [1.54, 1.807) is 18.3 Å². The predicted octanol–water partition coefficient (Wildman–Crippen LogP) is 1.53. The Morgan fingerprint density at radius 3 is 3.06 bits per heavy atom.